The van der Waals surface area contributed by atoms with Gasteiger partial charge in [-0.2, -0.15) is 0 Å². The molecule has 0 aliphatic carbocycles. The summed E-state index contributed by atoms with van der Waals surface area (Å²) in [6, 6.07) is 12.5. The maximum absolute atomic E-state index is 5.99. The molecule has 0 spiro atoms. The van der Waals surface area contributed by atoms with Gasteiger partial charge in [0.15, 0.2) is 0 Å². The van der Waals surface area contributed by atoms with Crippen LogP contribution in [0.1, 0.15) is 18.1 Å². The smallest absolute Gasteiger partial charge is 0.205 e. The number of hydrogen-bond donors (Lipinski definition) is 0. The van der Waals surface area contributed by atoms with E-state index in [1.165, 1.54) is 16.3 Å². The Morgan fingerprint density at radius 2 is 2.05 bits per heavy atom. The van der Waals surface area contributed by atoms with Crippen LogP contribution in [-0.4, -0.2) is 20.0 Å². The molecule has 1 fully saturated rings. The number of benzene rings is 2. The molecule has 2 aliphatic heterocycles. The lowest BCUT2D eigenvalue weighted by Crippen LogP contribution is -2.33. The highest BCUT2D eigenvalue weighted by atomic mass is 16.7. The standard InChI is InChI=1S/C16H16O3/c1-17-15-12-8-9-18-16(12)19-13-7-6-10-4-2-3-5-11(10)14(13)15/h2-7,12,15-16H,8-9H2,1H3. The summed E-state index contributed by atoms with van der Waals surface area (Å²) in [5, 5.41) is 2.45. The maximum Gasteiger partial charge on any atom is 0.205 e. The highest BCUT2D eigenvalue weighted by molar-refractivity contribution is 5.88. The Balaban J connectivity index is 1.96. The van der Waals surface area contributed by atoms with Gasteiger partial charge in [-0.15, -0.1) is 0 Å². The van der Waals surface area contributed by atoms with Gasteiger partial charge in [0.1, 0.15) is 5.75 Å². The first kappa shape index (κ1) is 11.3. The van der Waals surface area contributed by atoms with Gasteiger partial charge in [0, 0.05) is 12.7 Å². The zero-order chi connectivity index (χ0) is 12.8. The van der Waals surface area contributed by atoms with Crippen LogP contribution in [-0.2, 0) is 9.47 Å². The molecule has 0 amide bonds. The van der Waals surface area contributed by atoms with Gasteiger partial charge in [0.25, 0.3) is 0 Å². The van der Waals surface area contributed by atoms with Crippen molar-refractivity contribution >= 4 is 10.8 Å². The number of fused-ring (bicyclic) bond motifs is 4. The molecule has 4 rings (SSSR count). The zero-order valence-corrected chi connectivity index (χ0v) is 10.8. The fourth-order valence-electron chi connectivity index (χ4n) is 3.30. The summed E-state index contributed by atoms with van der Waals surface area (Å²) in [6.07, 6.45) is 0.896. The van der Waals surface area contributed by atoms with Crippen molar-refractivity contribution in [2.45, 2.75) is 18.8 Å². The van der Waals surface area contributed by atoms with Crippen molar-refractivity contribution in [2.24, 2.45) is 5.92 Å². The molecular weight excluding hydrogens is 240 g/mol. The predicted molar refractivity (Wildman–Crippen MR) is 72.2 cm³/mol. The first-order chi connectivity index (χ1) is 9.38. The average Bonchev–Trinajstić information content (AvgIpc) is 2.92. The lowest BCUT2D eigenvalue weighted by molar-refractivity contribution is -0.111. The van der Waals surface area contributed by atoms with E-state index in [9.17, 15) is 0 Å². The molecule has 0 saturated carbocycles. The molecule has 98 valence electrons. The Labute approximate surface area is 112 Å². The number of methoxy groups -OCH3 is 1. The van der Waals surface area contributed by atoms with Crippen molar-refractivity contribution < 1.29 is 14.2 Å². The van der Waals surface area contributed by atoms with Crippen LogP contribution >= 0.6 is 0 Å². The minimum Gasteiger partial charge on any atom is -0.464 e. The molecule has 0 N–H and O–H groups in total. The molecule has 3 atom stereocenters. The Kier molecular flexibility index (Phi) is 2.50. The molecule has 0 aromatic heterocycles. The monoisotopic (exact) mass is 256 g/mol. The van der Waals surface area contributed by atoms with Crippen LogP contribution in [0.3, 0.4) is 0 Å². The van der Waals surface area contributed by atoms with E-state index in [0.717, 1.165) is 18.8 Å². The van der Waals surface area contributed by atoms with E-state index in [-0.39, 0.29) is 12.4 Å². The molecule has 2 heterocycles. The van der Waals surface area contributed by atoms with Gasteiger partial charge in [-0.1, -0.05) is 30.3 Å². The Bertz CT molecular complexity index is 622. The molecule has 0 radical (unpaired) electrons. The minimum atomic E-state index is -0.154. The summed E-state index contributed by atoms with van der Waals surface area (Å²) in [5.41, 5.74) is 1.17. The lowest BCUT2D eigenvalue weighted by atomic mass is 9.87. The zero-order valence-electron chi connectivity index (χ0n) is 10.8. The lowest BCUT2D eigenvalue weighted by Gasteiger charge is -2.34. The van der Waals surface area contributed by atoms with Gasteiger partial charge < -0.3 is 14.2 Å². The maximum atomic E-state index is 5.99. The molecular formula is C16H16O3. The Morgan fingerprint density at radius 3 is 2.95 bits per heavy atom. The topological polar surface area (TPSA) is 27.7 Å². The largest absolute Gasteiger partial charge is 0.464 e. The van der Waals surface area contributed by atoms with Crippen molar-refractivity contribution in [3.63, 3.8) is 0 Å². The van der Waals surface area contributed by atoms with E-state index in [2.05, 4.69) is 30.3 Å². The molecule has 2 aromatic rings. The minimum absolute atomic E-state index is 0.0577. The van der Waals surface area contributed by atoms with Crippen LogP contribution < -0.4 is 4.74 Å². The van der Waals surface area contributed by atoms with Gasteiger partial charge in [-0.05, 0) is 23.3 Å². The number of ether oxygens (including phenoxy) is 3. The van der Waals surface area contributed by atoms with Gasteiger partial charge >= 0.3 is 0 Å². The predicted octanol–water partition coefficient (Wildman–Crippen LogP) is 3.28. The molecule has 3 heteroatoms. The highest BCUT2D eigenvalue weighted by Crippen LogP contribution is 2.47. The first-order valence-corrected chi connectivity index (χ1v) is 6.71. The van der Waals surface area contributed by atoms with Crippen molar-refractivity contribution in [2.75, 3.05) is 13.7 Å². The molecule has 1 saturated heterocycles. The van der Waals surface area contributed by atoms with Crippen LogP contribution in [0.15, 0.2) is 36.4 Å². The third kappa shape index (κ3) is 1.58. The van der Waals surface area contributed by atoms with E-state index in [1.54, 1.807) is 7.11 Å². The number of hydrogen-bond acceptors (Lipinski definition) is 3. The van der Waals surface area contributed by atoms with Gasteiger partial charge in [0.05, 0.1) is 18.6 Å². The van der Waals surface area contributed by atoms with Gasteiger partial charge in [0.2, 0.25) is 6.29 Å². The van der Waals surface area contributed by atoms with E-state index >= 15 is 0 Å². The molecule has 0 bridgehead atoms. The van der Waals surface area contributed by atoms with Crippen LogP contribution in [0.5, 0.6) is 5.75 Å². The summed E-state index contributed by atoms with van der Waals surface area (Å²) >= 11 is 0. The summed E-state index contributed by atoms with van der Waals surface area (Å²) < 4.78 is 17.4. The van der Waals surface area contributed by atoms with Crippen LogP contribution in [0.2, 0.25) is 0 Å². The van der Waals surface area contributed by atoms with E-state index in [1.807, 2.05) is 6.07 Å². The molecule has 19 heavy (non-hydrogen) atoms. The molecule has 2 aliphatic rings. The van der Waals surface area contributed by atoms with E-state index in [0.29, 0.717) is 5.92 Å². The third-order valence-corrected chi connectivity index (χ3v) is 4.18. The number of rotatable bonds is 1. The normalized spacial score (nSPS) is 28.8. The SMILES string of the molecule is COC1c2c(ccc3ccccc23)OC2OCCC21. The average molecular weight is 256 g/mol. The van der Waals surface area contributed by atoms with Crippen LogP contribution in [0.4, 0.5) is 0 Å². The van der Waals surface area contributed by atoms with Crippen molar-refractivity contribution in [1.29, 1.82) is 0 Å². The quantitative estimate of drug-likeness (QED) is 0.783. The van der Waals surface area contributed by atoms with E-state index in [4.69, 9.17) is 14.2 Å². The Hall–Kier alpha value is -1.58. The molecule has 3 unspecified atom stereocenters. The second kappa shape index (κ2) is 4.22. The highest BCUT2D eigenvalue weighted by Gasteiger charge is 2.43. The van der Waals surface area contributed by atoms with Gasteiger partial charge in [-0.25, -0.2) is 0 Å². The molecule has 2 aromatic carbocycles. The Morgan fingerprint density at radius 1 is 1.16 bits per heavy atom. The second-order valence-electron chi connectivity index (χ2n) is 5.16. The summed E-state index contributed by atoms with van der Waals surface area (Å²) in [4.78, 5) is 0. The fourth-order valence-corrected chi connectivity index (χ4v) is 3.30. The third-order valence-electron chi connectivity index (χ3n) is 4.18. The van der Waals surface area contributed by atoms with E-state index < -0.39 is 0 Å². The summed E-state index contributed by atoms with van der Waals surface area (Å²) in [6.45, 7) is 0.751. The van der Waals surface area contributed by atoms with Crippen molar-refractivity contribution in [1.82, 2.24) is 0 Å². The summed E-state index contributed by atoms with van der Waals surface area (Å²) in [5.74, 6) is 1.19. The fraction of sp³-hybridized carbons (Fsp3) is 0.375. The summed E-state index contributed by atoms with van der Waals surface area (Å²) in [7, 11) is 1.77. The second-order valence-corrected chi connectivity index (χ2v) is 5.16. The van der Waals surface area contributed by atoms with Crippen LogP contribution in [0.25, 0.3) is 10.8 Å². The van der Waals surface area contributed by atoms with Crippen LogP contribution in [0, 0.1) is 5.92 Å². The first-order valence-electron chi connectivity index (χ1n) is 6.71. The van der Waals surface area contributed by atoms with Gasteiger partial charge in [-0.3, -0.25) is 0 Å². The molecule has 3 nitrogen and oxygen atoms in total. The van der Waals surface area contributed by atoms with Crippen molar-refractivity contribution in [3.05, 3.63) is 42.0 Å². The van der Waals surface area contributed by atoms with Crippen molar-refractivity contribution in [3.8, 4) is 5.75 Å².